The third-order valence-electron chi connectivity index (χ3n) is 25.5. The van der Waals surface area contributed by atoms with Crippen LogP contribution < -0.4 is 10.6 Å². The van der Waals surface area contributed by atoms with Crippen LogP contribution in [0, 0.1) is 11.8 Å². The van der Waals surface area contributed by atoms with Gasteiger partial charge in [-0.3, -0.25) is 9.59 Å². The number of nitrogens with one attached hydrogen (secondary N) is 2. The number of rotatable bonds is 74. The Morgan fingerprint density at radius 3 is 0.626 bits per heavy atom. The molecule has 2 aliphatic heterocycles. The molecule has 2 saturated heterocycles. The highest BCUT2D eigenvalue weighted by molar-refractivity contribution is 5.79. The lowest BCUT2D eigenvalue weighted by Crippen LogP contribution is -2.67. The van der Waals surface area contributed by atoms with E-state index in [-0.39, 0.29) is 76.4 Å². The molecule has 6 aromatic rings. The van der Waals surface area contributed by atoms with Gasteiger partial charge in [0.05, 0.1) is 39.6 Å². The van der Waals surface area contributed by atoms with Crippen LogP contribution in [0.1, 0.15) is 369 Å². The molecule has 4 unspecified atom stereocenters. The summed E-state index contributed by atoms with van der Waals surface area (Å²) in [7, 11) is 0. The van der Waals surface area contributed by atoms with Gasteiger partial charge in [0.25, 0.3) is 0 Å². The van der Waals surface area contributed by atoms with Gasteiger partial charge in [-0.2, -0.15) is 0 Å². The van der Waals surface area contributed by atoms with Crippen LogP contribution in [-0.2, 0) is 91.9 Å². The van der Waals surface area contributed by atoms with Crippen molar-refractivity contribution < 1.29 is 52.2 Å². The fraction of sp³-hybridized carbons (Fsp3) is 0.655. The van der Waals surface area contributed by atoms with Crippen LogP contribution in [0.4, 0.5) is 0 Å². The van der Waals surface area contributed by atoms with Gasteiger partial charge in [-0.05, 0) is 59.1 Å². The first-order chi connectivity index (χ1) is 60.8. The first kappa shape index (κ1) is 102. The molecule has 0 aliphatic carbocycles. The Bertz CT molecular complexity index is 3170. The predicted octanol–water partition coefficient (Wildman–Crippen LogP) is 28.2. The summed E-state index contributed by atoms with van der Waals surface area (Å²) in [6, 6.07) is 61.3. The van der Waals surface area contributed by atoms with Gasteiger partial charge in [0, 0.05) is 24.9 Å². The minimum Gasteiger partial charge on any atom is -0.368 e. The van der Waals surface area contributed by atoms with Gasteiger partial charge < -0.3 is 53.3 Å². The van der Waals surface area contributed by atoms with Crippen LogP contribution >= 0.6 is 0 Å². The lowest BCUT2D eigenvalue weighted by molar-refractivity contribution is -0.390. The smallest absolute Gasteiger partial charge is 0.223 e. The molecular formula is C110H168N2O11. The Hall–Kier alpha value is -6.10. The molecule has 0 bridgehead atoms. The summed E-state index contributed by atoms with van der Waals surface area (Å²) in [5, 5.41) is 7.10. The van der Waals surface area contributed by atoms with Crippen molar-refractivity contribution in [1.29, 1.82) is 0 Å². The molecule has 13 heteroatoms. The predicted molar refractivity (Wildman–Crippen MR) is 506 cm³/mol. The van der Waals surface area contributed by atoms with E-state index in [4.69, 9.17) is 42.6 Å². The number of hydrogen-bond acceptors (Lipinski definition) is 11. The molecule has 0 aromatic heterocycles. The van der Waals surface area contributed by atoms with E-state index in [1.807, 2.05) is 109 Å². The monoisotopic (exact) mass is 1690 g/mol. The van der Waals surface area contributed by atoms with Crippen molar-refractivity contribution in [3.8, 4) is 0 Å². The summed E-state index contributed by atoms with van der Waals surface area (Å²) in [4.78, 5) is 31.0. The van der Waals surface area contributed by atoms with E-state index in [2.05, 4.69) is 111 Å². The minimum atomic E-state index is -1.24. The van der Waals surface area contributed by atoms with Crippen molar-refractivity contribution in [1.82, 2.24) is 10.6 Å². The third kappa shape index (κ3) is 43.5. The maximum absolute atomic E-state index is 15.5. The Morgan fingerprint density at radius 2 is 0.423 bits per heavy atom. The van der Waals surface area contributed by atoms with Gasteiger partial charge in [-0.25, -0.2) is 0 Å². The largest absolute Gasteiger partial charge is 0.368 e. The second kappa shape index (κ2) is 67.2. The summed E-state index contributed by atoms with van der Waals surface area (Å²) < 4.78 is 67.3. The molecule has 8 rings (SSSR count). The maximum atomic E-state index is 15.5. The van der Waals surface area contributed by atoms with Crippen LogP contribution in [0.5, 0.6) is 0 Å². The summed E-state index contributed by atoms with van der Waals surface area (Å²) in [6.07, 6.45) is 49.0. The zero-order valence-corrected chi connectivity index (χ0v) is 77.3. The van der Waals surface area contributed by atoms with Crippen molar-refractivity contribution in [2.45, 2.75) is 437 Å². The van der Waals surface area contributed by atoms with Crippen molar-refractivity contribution in [3.63, 3.8) is 0 Å². The highest BCUT2D eigenvalue weighted by atomic mass is 16.8. The van der Waals surface area contributed by atoms with E-state index < -0.39 is 61.4 Å². The summed E-state index contributed by atoms with van der Waals surface area (Å²) >= 11 is 0. The molecule has 2 N–H and O–H groups in total. The van der Waals surface area contributed by atoms with E-state index in [0.717, 1.165) is 110 Å². The van der Waals surface area contributed by atoms with Crippen LogP contribution in [0.15, 0.2) is 182 Å². The van der Waals surface area contributed by atoms with Crippen LogP contribution in [0.2, 0.25) is 0 Å². The molecule has 10 atom stereocenters. The zero-order chi connectivity index (χ0) is 86.1. The number of benzene rings is 6. The molecule has 13 nitrogen and oxygen atoms in total. The van der Waals surface area contributed by atoms with Crippen molar-refractivity contribution in [3.05, 3.63) is 215 Å². The van der Waals surface area contributed by atoms with Gasteiger partial charge in [-0.1, -0.05) is 492 Å². The van der Waals surface area contributed by atoms with E-state index >= 15 is 9.59 Å². The van der Waals surface area contributed by atoms with Crippen LogP contribution in [0.25, 0.3) is 0 Å². The zero-order valence-electron chi connectivity index (χ0n) is 77.3. The van der Waals surface area contributed by atoms with Gasteiger partial charge in [0.15, 0.2) is 12.6 Å². The molecule has 0 spiro atoms. The lowest BCUT2D eigenvalue weighted by Gasteiger charge is -2.50. The fourth-order valence-electron chi connectivity index (χ4n) is 17.9. The molecule has 2 fully saturated rings. The average Bonchev–Trinajstić information content (AvgIpc) is 0.777. The van der Waals surface area contributed by atoms with Gasteiger partial charge in [-0.15, -0.1) is 0 Å². The molecule has 0 saturated carbocycles. The summed E-state index contributed by atoms with van der Waals surface area (Å²) in [5.74, 6) is -0.261. The number of hydrogen-bond donors (Lipinski definition) is 2. The van der Waals surface area contributed by atoms with Crippen molar-refractivity contribution >= 4 is 11.8 Å². The van der Waals surface area contributed by atoms with Crippen molar-refractivity contribution in [2.75, 3.05) is 13.1 Å². The quantitative estimate of drug-likeness (QED) is 0.0353. The maximum Gasteiger partial charge on any atom is 0.223 e. The minimum absolute atomic E-state index is 0.0379. The molecule has 2 heterocycles. The number of amides is 2. The van der Waals surface area contributed by atoms with Crippen molar-refractivity contribution in [2.24, 2.45) is 11.8 Å². The van der Waals surface area contributed by atoms with Gasteiger partial charge >= 0.3 is 0 Å². The Kier molecular flexibility index (Phi) is 55.9. The molecule has 684 valence electrons. The molecule has 2 aliphatic rings. The fourth-order valence-corrected chi connectivity index (χ4v) is 17.9. The third-order valence-corrected chi connectivity index (χ3v) is 25.5. The number of carbonyl (C=O) groups excluding carboxylic acids is 2. The molecule has 6 aromatic carbocycles. The normalized spacial score (nSPS) is 19.1. The lowest BCUT2D eigenvalue weighted by atomic mass is 9.92. The van der Waals surface area contributed by atoms with E-state index in [9.17, 15) is 0 Å². The SMILES string of the molecule is CCCCCCCCCCCCCC(CCCCCCCCCCCCC)C(=O)NCC1O[C@H](O[C@H]2OC(CNC(=O)C(CCCCCCCCCCCCC)CCCCCCCCCCCCC)[C@H](OCc3ccccc3)[C@@H](OCc3ccccc3)C2OCc2ccccc2)C(OCc2ccccc2)[C@H](OCc2ccccc2)[C@@H]1OCc1ccccc1. The van der Waals surface area contributed by atoms with Crippen LogP contribution in [-0.4, -0.2) is 86.3 Å². The first-order valence-electron chi connectivity index (χ1n) is 50.3. The highest BCUT2D eigenvalue weighted by Crippen LogP contribution is 2.38. The highest BCUT2D eigenvalue weighted by Gasteiger charge is 2.55. The van der Waals surface area contributed by atoms with Gasteiger partial charge in [0.2, 0.25) is 11.8 Å². The second-order valence-electron chi connectivity index (χ2n) is 36.0. The second-order valence-corrected chi connectivity index (χ2v) is 36.0. The molecule has 2 amide bonds. The van der Waals surface area contributed by atoms with Gasteiger partial charge in [0.1, 0.15) is 48.8 Å². The van der Waals surface area contributed by atoms with E-state index in [1.165, 1.54) is 231 Å². The summed E-state index contributed by atoms with van der Waals surface area (Å²) in [6.45, 7) is 10.6. The summed E-state index contributed by atoms with van der Waals surface area (Å²) in [5.41, 5.74) is 5.79. The molecule has 123 heavy (non-hydrogen) atoms. The molecule has 0 radical (unpaired) electrons. The number of unbranched alkanes of at least 4 members (excludes halogenated alkanes) is 40. The van der Waals surface area contributed by atoms with E-state index in [0.29, 0.717) is 0 Å². The van der Waals surface area contributed by atoms with Crippen LogP contribution in [0.3, 0.4) is 0 Å². The Labute approximate surface area is 747 Å². The Morgan fingerprint density at radius 1 is 0.244 bits per heavy atom. The Balaban J connectivity index is 1.15. The first-order valence-corrected chi connectivity index (χ1v) is 50.3. The molecular weight excluding hydrogens is 1530 g/mol. The number of ether oxygens (including phenoxy) is 9. The number of carbonyl (C=O) groups is 2. The standard InChI is InChI=1S/C110H168N2O11/c1-5-9-13-17-21-25-29-33-37-41-63-79-97(80-64-42-38-34-30-26-22-18-14-10-6-2)107(113)111-83-99-101(115-85-91-67-51-45-52-68-91)103(117-87-93-71-55-47-56-72-93)105(119-89-95-75-59-49-60-76-95)109(121-99)123-110-106(120-90-96-77-61-50-62-78-96)104(118-88-94-73-57-48-58-74-94)102(116-86-92-69-53-46-54-70-92)100(122-110)84-112-108(114)98(81-65-43-39-35-31-27-23-19-15-11-7-3)82-66-44-40-36-32-28-24-20-16-12-8-4/h45-62,67-78,97-106,109-110H,5-44,63-66,79-90H2,1-4H3,(H,111,113)(H,112,114)/t99?,100?,101-,102+,103-,104-,105?,106?,109-,110-/m1/s1. The van der Waals surface area contributed by atoms with E-state index in [1.54, 1.807) is 0 Å². The average molecular weight is 1690 g/mol. The topological polar surface area (TPSA) is 141 Å².